The standard InChI is InChI=1S/C16H17N5/c1-10-6-7-11(2)14(8-10)18-15-12-4-3-5-13(12)19-16-20-17-9-21(15)16/h6-9,18H,3-5H2,1-2H3. The SMILES string of the molecule is Cc1ccc(C)c(Nc2c3c(nc4nncn24)CCC3)c1. The Hall–Kier alpha value is -2.43. The summed E-state index contributed by atoms with van der Waals surface area (Å²) in [7, 11) is 0. The van der Waals surface area contributed by atoms with Crippen LogP contribution in [0.3, 0.4) is 0 Å². The predicted molar refractivity (Wildman–Crippen MR) is 82.0 cm³/mol. The molecule has 2 aromatic heterocycles. The highest BCUT2D eigenvalue weighted by atomic mass is 15.3. The van der Waals surface area contributed by atoms with Gasteiger partial charge in [0.1, 0.15) is 12.1 Å². The Morgan fingerprint density at radius 2 is 2.10 bits per heavy atom. The molecule has 5 heteroatoms. The zero-order chi connectivity index (χ0) is 14.4. The van der Waals surface area contributed by atoms with Crippen molar-refractivity contribution in [2.75, 3.05) is 5.32 Å². The Morgan fingerprint density at radius 1 is 1.19 bits per heavy atom. The first-order valence-electron chi connectivity index (χ1n) is 7.28. The maximum atomic E-state index is 4.61. The lowest BCUT2D eigenvalue weighted by atomic mass is 10.1. The number of anilines is 2. The van der Waals surface area contributed by atoms with E-state index in [1.807, 2.05) is 4.40 Å². The average Bonchev–Trinajstić information content (AvgIpc) is 3.10. The van der Waals surface area contributed by atoms with Crippen molar-refractivity contribution in [1.82, 2.24) is 19.6 Å². The predicted octanol–water partition coefficient (Wildman–Crippen LogP) is 2.97. The number of aromatic nitrogens is 4. The molecule has 0 fully saturated rings. The van der Waals surface area contributed by atoms with Crippen molar-refractivity contribution in [1.29, 1.82) is 0 Å². The summed E-state index contributed by atoms with van der Waals surface area (Å²) in [4.78, 5) is 4.61. The number of hydrogen-bond acceptors (Lipinski definition) is 4. The molecule has 1 aliphatic carbocycles. The van der Waals surface area contributed by atoms with E-state index in [0.29, 0.717) is 5.78 Å². The average molecular weight is 279 g/mol. The molecule has 21 heavy (non-hydrogen) atoms. The first kappa shape index (κ1) is 12.3. The number of benzene rings is 1. The van der Waals surface area contributed by atoms with Gasteiger partial charge in [-0.3, -0.25) is 4.40 Å². The smallest absolute Gasteiger partial charge is 0.256 e. The molecule has 3 aromatic rings. The van der Waals surface area contributed by atoms with Crippen LogP contribution in [-0.4, -0.2) is 19.6 Å². The summed E-state index contributed by atoms with van der Waals surface area (Å²) in [5, 5.41) is 11.7. The summed E-state index contributed by atoms with van der Waals surface area (Å²) in [5.41, 5.74) is 6.05. The molecule has 0 unspecified atom stereocenters. The summed E-state index contributed by atoms with van der Waals surface area (Å²) in [6, 6.07) is 6.45. The molecular weight excluding hydrogens is 262 g/mol. The van der Waals surface area contributed by atoms with Gasteiger partial charge in [-0.05, 0) is 50.3 Å². The second-order valence-electron chi connectivity index (χ2n) is 5.68. The second kappa shape index (κ2) is 4.55. The Bertz CT molecular complexity index is 834. The molecule has 0 bridgehead atoms. The van der Waals surface area contributed by atoms with Crippen LogP contribution in [0.4, 0.5) is 11.5 Å². The van der Waals surface area contributed by atoms with Crippen LogP contribution in [0.25, 0.3) is 5.78 Å². The Morgan fingerprint density at radius 3 is 3.00 bits per heavy atom. The molecule has 5 nitrogen and oxygen atoms in total. The molecule has 0 radical (unpaired) electrons. The normalized spacial score (nSPS) is 13.6. The third kappa shape index (κ3) is 1.96. The lowest BCUT2D eigenvalue weighted by molar-refractivity contribution is 0.900. The van der Waals surface area contributed by atoms with Crippen LogP contribution < -0.4 is 5.32 Å². The van der Waals surface area contributed by atoms with Crippen LogP contribution in [0.1, 0.15) is 28.8 Å². The second-order valence-corrected chi connectivity index (χ2v) is 5.68. The van der Waals surface area contributed by atoms with Crippen molar-refractivity contribution in [2.24, 2.45) is 0 Å². The van der Waals surface area contributed by atoms with Crippen molar-refractivity contribution in [2.45, 2.75) is 33.1 Å². The number of aryl methyl sites for hydroxylation is 3. The number of fused-ring (bicyclic) bond motifs is 2. The first-order chi connectivity index (χ1) is 10.2. The van der Waals surface area contributed by atoms with Gasteiger partial charge in [0.15, 0.2) is 0 Å². The van der Waals surface area contributed by atoms with Crippen LogP contribution in [0.15, 0.2) is 24.5 Å². The fraction of sp³-hybridized carbons (Fsp3) is 0.312. The van der Waals surface area contributed by atoms with Crippen LogP contribution in [0, 0.1) is 13.8 Å². The topological polar surface area (TPSA) is 55.1 Å². The Balaban J connectivity index is 1.90. The minimum atomic E-state index is 0.670. The summed E-state index contributed by atoms with van der Waals surface area (Å²) >= 11 is 0. The van der Waals surface area contributed by atoms with Crippen LogP contribution in [0.2, 0.25) is 0 Å². The number of nitrogens with one attached hydrogen (secondary N) is 1. The van der Waals surface area contributed by atoms with Gasteiger partial charge in [0.25, 0.3) is 5.78 Å². The van der Waals surface area contributed by atoms with Gasteiger partial charge in [-0.25, -0.2) is 4.98 Å². The van der Waals surface area contributed by atoms with Gasteiger partial charge in [0, 0.05) is 11.3 Å². The third-order valence-electron chi connectivity index (χ3n) is 4.13. The number of rotatable bonds is 2. The van der Waals surface area contributed by atoms with Crippen LogP contribution in [0.5, 0.6) is 0 Å². The molecule has 0 aliphatic heterocycles. The zero-order valence-electron chi connectivity index (χ0n) is 12.2. The fourth-order valence-electron chi connectivity index (χ4n) is 2.97. The van der Waals surface area contributed by atoms with Gasteiger partial charge in [-0.15, -0.1) is 10.2 Å². The Kier molecular flexibility index (Phi) is 2.67. The van der Waals surface area contributed by atoms with Gasteiger partial charge in [0.2, 0.25) is 0 Å². The highest BCUT2D eigenvalue weighted by molar-refractivity contribution is 5.67. The molecule has 0 amide bonds. The van der Waals surface area contributed by atoms with Gasteiger partial charge in [-0.2, -0.15) is 0 Å². The molecule has 1 N–H and O–H groups in total. The molecule has 0 saturated carbocycles. The van der Waals surface area contributed by atoms with E-state index in [9.17, 15) is 0 Å². The molecule has 0 saturated heterocycles. The highest BCUT2D eigenvalue weighted by Crippen LogP contribution is 2.31. The van der Waals surface area contributed by atoms with Gasteiger partial charge in [0.05, 0.1) is 5.69 Å². The zero-order valence-corrected chi connectivity index (χ0v) is 12.2. The van der Waals surface area contributed by atoms with Crippen molar-refractivity contribution in [3.05, 3.63) is 46.9 Å². The van der Waals surface area contributed by atoms with E-state index < -0.39 is 0 Å². The van der Waals surface area contributed by atoms with E-state index in [0.717, 1.165) is 36.5 Å². The summed E-state index contributed by atoms with van der Waals surface area (Å²) in [6.07, 6.45) is 4.97. The van der Waals surface area contributed by atoms with E-state index in [1.165, 1.54) is 16.7 Å². The van der Waals surface area contributed by atoms with Crippen molar-refractivity contribution < 1.29 is 0 Å². The lowest BCUT2D eigenvalue weighted by Crippen LogP contribution is -2.06. The van der Waals surface area contributed by atoms with E-state index >= 15 is 0 Å². The summed E-state index contributed by atoms with van der Waals surface area (Å²) in [6.45, 7) is 4.22. The van der Waals surface area contributed by atoms with Gasteiger partial charge in [-0.1, -0.05) is 12.1 Å². The van der Waals surface area contributed by atoms with E-state index in [1.54, 1.807) is 6.33 Å². The Labute approximate surface area is 123 Å². The van der Waals surface area contributed by atoms with E-state index in [-0.39, 0.29) is 0 Å². The summed E-state index contributed by atoms with van der Waals surface area (Å²) < 4.78 is 1.95. The molecule has 106 valence electrons. The minimum absolute atomic E-state index is 0.670. The maximum Gasteiger partial charge on any atom is 0.256 e. The van der Waals surface area contributed by atoms with Crippen LogP contribution in [-0.2, 0) is 12.8 Å². The highest BCUT2D eigenvalue weighted by Gasteiger charge is 2.21. The number of hydrogen-bond donors (Lipinski definition) is 1. The quantitative estimate of drug-likeness (QED) is 0.783. The molecule has 0 atom stereocenters. The maximum absolute atomic E-state index is 4.61. The van der Waals surface area contributed by atoms with Crippen molar-refractivity contribution in [3.63, 3.8) is 0 Å². The minimum Gasteiger partial charge on any atom is -0.341 e. The summed E-state index contributed by atoms with van der Waals surface area (Å²) in [5.74, 6) is 1.73. The van der Waals surface area contributed by atoms with Gasteiger partial charge < -0.3 is 5.32 Å². The molecule has 0 spiro atoms. The fourth-order valence-corrected chi connectivity index (χ4v) is 2.97. The van der Waals surface area contributed by atoms with Crippen LogP contribution >= 0.6 is 0 Å². The van der Waals surface area contributed by atoms with Crippen molar-refractivity contribution >= 4 is 17.3 Å². The molecule has 4 rings (SSSR count). The molecule has 1 aromatic carbocycles. The number of nitrogens with zero attached hydrogens (tertiary/aromatic N) is 4. The largest absolute Gasteiger partial charge is 0.341 e. The van der Waals surface area contributed by atoms with Gasteiger partial charge >= 0.3 is 0 Å². The van der Waals surface area contributed by atoms with E-state index in [2.05, 4.69) is 52.5 Å². The molecular formula is C16H17N5. The molecule has 2 heterocycles. The van der Waals surface area contributed by atoms with E-state index in [4.69, 9.17) is 0 Å². The van der Waals surface area contributed by atoms with Crippen molar-refractivity contribution in [3.8, 4) is 0 Å². The molecule has 1 aliphatic rings. The third-order valence-corrected chi connectivity index (χ3v) is 4.13. The first-order valence-corrected chi connectivity index (χ1v) is 7.28. The monoisotopic (exact) mass is 279 g/mol. The lowest BCUT2D eigenvalue weighted by Gasteiger charge is -2.15.